The van der Waals surface area contributed by atoms with Gasteiger partial charge in [0.2, 0.25) is 0 Å². The van der Waals surface area contributed by atoms with E-state index >= 15 is 0 Å². The molecule has 18 heavy (non-hydrogen) atoms. The lowest BCUT2D eigenvalue weighted by Crippen LogP contribution is -2.26. The number of aromatic nitrogens is 1. The molecule has 1 heterocycles. The first-order valence-corrected chi connectivity index (χ1v) is 6.70. The number of anilines is 1. The van der Waals surface area contributed by atoms with Gasteiger partial charge in [0.1, 0.15) is 0 Å². The number of ether oxygens (including phenoxy) is 1. The molecule has 0 spiro atoms. The zero-order chi connectivity index (χ0) is 13.0. The molecule has 1 aromatic heterocycles. The molecule has 1 fully saturated rings. The minimum atomic E-state index is 0.375. The maximum Gasteiger partial charge on any atom is 0.0892 e. The number of nitrogen functional groups attached to an aromatic ring is 1. The van der Waals surface area contributed by atoms with Crippen molar-refractivity contribution >= 4 is 5.69 Å². The van der Waals surface area contributed by atoms with E-state index in [2.05, 4.69) is 24.3 Å². The Morgan fingerprint density at radius 1 is 1.33 bits per heavy atom. The number of pyridine rings is 1. The summed E-state index contributed by atoms with van der Waals surface area (Å²) in [5.41, 5.74) is 4.42. The summed E-state index contributed by atoms with van der Waals surface area (Å²) in [5.74, 6) is 6.91. The van der Waals surface area contributed by atoms with Gasteiger partial charge in [0.25, 0.3) is 0 Å². The molecule has 0 aliphatic heterocycles. The van der Waals surface area contributed by atoms with Gasteiger partial charge in [0.05, 0.1) is 24.1 Å². The highest BCUT2D eigenvalue weighted by Crippen LogP contribution is 2.30. The zero-order valence-electron chi connectivity index (χ0n) is 11.2. The number of nitrogens with two attached hydrogens (primary N) is 1. The van der Waals surface area contributed by atoms with Crippen molar-refractivity contribution in [3.05, 3.63) is 24.0 Å². The summed E-state index contributed by atoms with van der Waals surface area (Å²) in [5, 5.41) is 0. The Kier molecular flexibility index (Phi) is 4.55. The number of hydrogen-bond acceptors (Lipinski definition) is 4. The van der Waals surface area contributed by atoms with Gasteiger partial charge < -0.3 is 10.2 Å². The van der Waals surface area contributed by atoms with E-state index in [1.807, 2.05) is 12.1 Å². The Balaban J connectivity index is 1.86. The first kappa shape index (κ1) is 13.3. The van der Waals surface area contributed by atoms with Gasteiger partial charge in [-0.05, 0) is 43.2 Å². The van der Waals surface area contributed by atoms with Crippen molar-refractivity contribution in [3.8, 4) is 0 Å². The molecule has 4 nitrogen and oxygen atoms in total. The molecule has 1 aromatic rings. The van der Waals surface area contributed by atoms with Crippen molar-refractivity contribution in [1.82, 2.24) is 4.98 Å². The van der Waals surface area contributed by atoms with Crippen molar-refractivity contribution in [2.24, 2.45) is 17.7 Å². The third-order valence-corrected chi connectivity index (χ3v) is 3.59. The van der Waals surface area contributed by atoms with Gasteiger partial charge in [-0.3, -0.25) is 10.8 Å². The third-order valence-electron chi connectivity index (χ3n) is 3.59. The van der Waals surface area contributed by atoms with E-state index in [9.17, 15) is 0 Å². The number of hydrazine groups is 1. The van der Waals surface area contributed by atoms with Crippen LogP contribution in [-0.4, -0.2) is 11.1 Å². The molecule has 0 amide bonds. The van der Waals surface area contributed by atoms with Crippen LogP contribution >= 0.6 is 0 Å². The smallest absolute Gasteiger partial charge is 0.0892 e. The normalized spacial score (nSPS) is 28.1. The van der Waals surface area contributed by atoms with Crippen LogP contribution in [0.5, 0.6) is 0 Å². The van der Waals surface area contributed by atoms with Crippen LogP contribution in [0.25, 0.3) is 0 Å². The topological polar surface area (TPSA) is 60.2 Å². The maximum absolute atomic E-state index is 5.98. The fourth-order valence-corrected chi connectivity index (χ4v) is 2.86. The van der Waals surface area contributed by atoms with Crippen molar-refractivity contribution in [3.63, 3.8) is 0 Å². The van der Waals surface area contributed by atoms with E-state index < -0.39 is 0 Å². The average Bonchev–Trinajstić information content (AvgIpc) is 2.35. The second kappa shape index (κ2) is 6.16. The molecule has 3 N–H and O–H groups in total. The fraction of sp³-hybridized carbons (Fsp3) is 0.643. The van der Waals surface area contributed by atoms with Crippen molar-refractivity contribution in [2.75, 3.05) is 5.43 Å². The van der Waals surface area contributed by atoms with E-state index in [0.717, 1.165) is 23.2 Å². The van der Waals surface area contributed by atoms with Gasteiger partial charge in [-0.1, -0.05) is 13.8 Å². The van der Waals surface area contributed by atoms with Gasteiger partial charge in [-0.15, -0.1) is 0 Å². The van der Waals surface area contributed by atoms with Crippen LogP contribution in [0.4, 0.5) is 5.69 Å². The number of nitrogens with one attached hydrogen (secondary N) is 1. The lowest BCUT2D eigenvalue weighted by molar-refractivity contribution is -0.0104. The van der Waals surface area contributed by atoms with Crippen LogP contribution in [0.15, 0.2) is 18.3 Å². The molecular weight excluding hydrogens is 226 g/mol. The molecule has 1 aliphatic carbocycles. The summed E-state index contributed by atoms with van der Waals surface area (Å²) in [6.07, 6.45) is 5.78. The molecule has 100 valence electrons. The second-order valence-corrected chi connectivity index (χ2v) is 5.53. The third kappa shape index (κ3) is 3.68. The highest BCUT2D eigenvalue weighted by Gasteiger charge is 2.24. The SMILES string of the molecule is CC1CC(C)CC(OCc2cc(NN)ccn2)C1. The monoisotopic (exact) mass is 249 g/mol. The van der Waals surface area contributed by atoms with Crippen molar-refractivity contribution < 1.29 is 4.74 Å². The van der Waals surface area contributed by atoms with Crippen molar-refractivity contribution in [1.29, 1.82) is 0 Å². The number of rotatable bonds is 4. The van der Waals surface area contributed by atoms with Crippen LogP contribution in [0.1, 0.15) is 38.8 Å². The predicted molar refractivity (Wildman–Crippen MR) is 72.8 cm³/mol. The van der Waals surface area contributed by atoms with E-state index in [1.165, 1.54) is 19.3 Å². The standard InChI is InChI=1S/C14H23N3O/c1-10-5-11(2)7-14(6-10)18-9-13-8-12(17-15)3-4-16-13/h3-4,8,10-11,14H,5-7,9,15H2,1-2H3,(H,16,17). The first-order valence-electron chi connectivity index (χ1n) is 6.70. The quantitative estimate of drug-likeness (QED) is 0.636. The molecule has 0 saturated heterocycles. The Bertz CT molecular complexity index is 373. The molecular formula is C14H23N3O. The predicted octanol–water partition coefficient (Wildman–Crippen LogP) is 2.71. The van der Waals surface area contributed by atoms with Crippen LogP contribution in [-0.2, 0) is 11.3 Å². The highest BCUT2D eigenvalue weighted by molar-refractivity contribution is 5.41. The van der Waals surface area contributed by atoms with Crippen LogP contribution < -0.4 is 11.3 Å². The summed E-state index contributed by atoms with van der Waals surface area (Å²) >= 11 is 0. The summed E-state index contributed by atoms with van der Waals surface area (Å²) < 4.78 is 5.98. The first-order chi connectivity index (χ1) is 8.67. The largest absolute Gasteiger partial charge is 0.372 e. The molecule has 2 atom stereocenters. The second-order valence-electron chi connectivity index (χ2n) is 5.53. The molecule has 2 unspecified atom stereocenters. The summed E-state index contributed by atoms with van der Waals surface area (Å²) in [6, 6.07) is 3.77. The van der Waals surface area contributed by atoms with Gasteiger partial charge in [-0.2, -0.15) is 0 Å². The summed E-state index contributed by atoms with van der Waals surface area (Å²) in [4.78, 5) is 4.29. The molecule has 0 bridgehead atoms. The van der Waals surface area contributed by atoms with Gasteiger partial charge in [0.15, 0.2) is 0 Å². The molecule has 1 aliphatic rings. The molecule has 2 rings (SSSR count). The minimum Gasteiger partial charge on any atom is -0.372 e. The number of hydrogen-bond donors (Lipinski definition) is 2. The molecule has 1 saturated carbocycles. The Morgan fingerprint density at radius 2 is 2.06 bits per heavy atom. The van der Waals surface area contributed by atoms with E-state index in [0.29, 0.717) is 12.7 Å². The Labute approximate surface area is 109 Å². The van der Waals surface area contributed by atoms with E-state index in [4.69, 9.17) is 10.6 Å². The average molecular weight is 249 g/mol. The molecule has 0 radical (unpaired) electrons. The number of nitrogens with zero attached hydrogens (tertiary/aromatic N) is 1. The summed E-state index contributed by atoms with van der Waals surface area (Å²) in [7, 11) is 0. The van der Waals surface area contributed by atoms with E-state index in [1.54, 1.807) is 6.20 Å². The Morgan fingerprint density at radius 3 is 2.72 bits per heavy atom. The van der Waals surface area contributed by atoms with Crippen LogP contribution in [0.3, 0.4) is 0 Å². The zero-order valence-corrected chi connectivity index (χ0v) is 11.2. The summed E-state index contributed by atoms with van der Waals surface area (Å²) in [6.45, 7) is 5.19. The van der Waals surface area contributed by atoms with E-state index in [-0.39, 0.29) is 0 Å². The lowest BCUT2D eigenvalue weighted by atomic mass is 9.82. The fourth-order valence-electron chi connectivity index (χ4n) is 2.86. The molecule has 0 aromatic carbocycles. The Hall–Kier alpha value is -1.13. The maximum atomic E-state index is 5.98. The van der Waals surface area contributed by atoms with Crippen LogP contribution in [0.2, 0.25) is 0 Å². The van der Waals surface area contributed by atoms with Gasteiger partial charge in [-0.25, -0.2) is 0 Å². The highest BCUT2D eigenvalue weighted by atomic mass is 16.5. The van der Waals surface area contributed by atoms with Gasteiger partial charge in [0, 0.05) is 6.20 Å². The van der Waals surface area contributed by atoms with Crippen molar-refractivity contribution in [2.45, 2.75) is 45.8 Å². The minimum absolute atomic E-state index is 0.375. The van der Waals surface area contributed by atoms with Crippen LogP contribution in [0, 0.1) is 11.8 Å². The molecule has 4 heteroatoms. The van der Waals surface area contributed by atoms with Gasteiger partial charge >= 0.3 is 0 Å². The lowest BCUT2D eigenvalue weighted by Gasteiger charge is -2.31.